The number of amidine groups is 1. The van der Waals surface area contributed by atoms with Crippen LogP contribution in [0.3, 0.4) is 0 Å². The van der Waals surface area contributed by atoms with Gasteiger partial charge >= 0.3 is 0 Å². The van der Waals surface area contributed by atoms with Crippen molar-refractivity contribution in [3.63, 3.8) is 0 Å². The van der Waals surface area contributed by atoms with E-state index in [1.807, 2.05) is 0 Å². The Balaban J connectivity index is 0.000000333. The van der Waals surface area contributed by atoms with Crippen LogP contribution in [0.2, 0.25) is 0 Å². The Morgan fingerprint density at radius 3 is 2.20 bits per heavy atom. The number of rotatable bonds is 3. The Kier molecular flexibility index (Phi) is 10.5. The van der Waals surface area contributed by atoms with Crippen LogP contribution in [0.1, 0.15) is 64.5 Å². The third kappa shape index (κ3) is 7.19. The van der Waals surface area contributed by atoms with E-state index in [1.165, 1.54) is 47.6 Å². The highest BCUT2D eigenvalue weighted by Gasteiger charge is 2.11. The molecule has 2 aromatic rings. The van der Waals surface area contributed by atoms with Crippen LogP contribution in [0, 0.1) is 6.92 Å². The van der Waals surface area contributed by atoms with E-state index in [2.05, 4.69) is 91.2 Å². The minimum atomic E-state index is 0.880. The molecule has 1 aliphatic heterocycles. The molecule has 0 saturated carbocycles. The number of unbranched alkanes of at least 4 members (excludes halogenated alkanes) is 2. The van der Waals surface area contributed by atoms with Crippen LogP contribution in [-0.2, 0) is 0 Å². The predicted molar refractivity (Wildman–Crippen MR) is 117 cm³/mol. The number of halogens is 1. The summed E-state index contributed by atoms with van der Waals surface area (Å²) < 4.78 is 1.11. The van der Waals surface area contributed by atoms with Gasteiger partial charge in [-0.15, -0.1) is 0 Å². The lowest BCUT2D eigenvalue weighted by Gasteiger charge is -2.09. The zero-order chi connectivity index (χ0) is 18.7. The van der Waals surface area contributed by atoms with Gasteiger partial charge in [0.1, 0.15) is 5.84 Å². The van der Waals surface area contributed by atoms with Crippen LogP contribution in [0.4, 0.5) is 0 Å². The van der Waals surface area contributed by atoms with E-state index >= 15 is 0 Å². The van der Waals surface area contributed by atoms with Gasteiger partial charge in [-0.3, -0.25) is 4.99 Å². The number of aliphatic imine (C=N–C) groups is 1. The molecule has 138 valence electrons. The number of nitrogens with zero attached hydrogens (tertiary/aromatic N) is 1. The average molecular weight is 405 g/mol. The fraction of sp³-hybridized carbons (Fsp3) is 0.500. The predicted octanol–water partition coefficient (Wildman–Crippen LogP) is 6.87. The second kappa shape index (κ2) is 12.1. The first-order valence-corrected chi connectivity index (χ1v) is 10.3. The zero-order valence-electron chi connectivity index (χ0n) is 16.5. The van der Waals surface area contributed by atoms with Crippen LogP contribution in [-0.4, -0.2) is 18.9 Å². The quantitative estimate of drug-likeness (QED) is 0.592. The lowest BCUT2D eigenvalue weighted by atomic mass is 10.0. The number of benzene rings is 2. The molecule has 0 aliphatic carbocycles. The number of nitrogens with one attached hydrogen (secondary N) is 1. The largest absolute Gasteiger partial charge is 0.368 e. The molecule has 1 heterocycles. The first kappa shape index (κ1) is 21.7. The van der Waals surface area contributed by atoms with E-state index in [-0.39, 0.29) is 0 Å². The summed E-state index contributed by atoms with van der Waals surface area (Å²) in [6, 6.07) is 10.8. The molecule has 2 aromatic carbocycles. The number of fused-ring (bicyclic) bond motifs is 1. The molecule has 0 unspecified atom stereocenters. The molecule has 0 amide bonds. The van der Waals surface area contributed by atoms with Gasteiger partial charge in [0.15, 0.2) is 0 Å². The van der Waals surface area contributed by atoms with Crippen LogP contribution in [0.15, 0.2) is 39.8 Å². The Morgan fingerprint density at radius 2 is 1.68 bits per heavy atom. The van der Waals surface area contributed by atoms with E-state index in [0.717, 1.165) is 23.4 Å². The van der Waals surface area contributed by atoms with Gasteiger partial charge in [0, 0.05) is 16.6 Å². The molecule has 25 heavy (non-hydrogen) atoms. The number of hydrogen-bond acceptors (Lipinski definition) is 2. The summed E-state index contributed by atoms with van der Waals surface area (Å²) >= 11 is 3.51. The average Bonchev–Trinajstić information content (AvgIpc) is 3.11. The Morgan fingerprint density at radius 1 is 1.00 bits per heavy atom. The highest BCUT2D eigenvalue weighted by atomic mass is 79.9. The molecule has 2 nitrogen and oxygen atoms in total. The molecule has 0 saturated heterocycles. The van der Waals surface area contributed by atoms with Crippen molar-refractivity contribution in [2.24, 2.45) is 4.99 Å². The Bertz CT molecular complexity index is 675. The maximum absolute atomic E-state index is 4.49. The number of hydrogen-bond donors (Lipinski definition) is 1. The second-order valence-electron chi connectivity index (χ2n) is 6.38. The minimum absolute atomic E-state index is 0.880. The van der Waals surface area contributed by atoms with Crippen molar-refractivity contribution < 1.29 is 0 Å². The van der Waals surface area contributed by atoms with Crippen LogP contribution in [0.25, 0.3) is 10.8 Å². The van der Waals surface area contributed by atoms with Gasteiger partial charge in [-0.25, -0.2) is 0 Å². The lowest BCUT2D eigenvalue weighted by Crippen LogP contribution is -2.20. The van der Waals surface area contributed by atoms with Gasteiger partial charge in [0.05, 0.1) is 6.54 Å². The van der Waals surface area contributed by atoms with Gasteiger partial charge in [0.25, 0.3) is 0 Å². The Hall–Kier alpha value is -1.35. The number of aryl methyl sites for hydroxylation is 1. The summed E-state index contributed by atoms with van der Waals surface area (Å²) in [5.74, 6) is 1.03. The third-order valence-corrected chi connectivity index (χ3v) is 4.28. The second-order valence-corrected chi connectivity index (χ2v) is 7.29. The normalized spacial score (nSPS) is 12.5. The van der Waals surface area contributed by atoms with E-state index in [0.29, 0.717) is 0 Å². The maximum atomic E-state index is 4.49. The summed E-state index contributed by atoms with van der Waals surface area (Å²) in [4.78, 5) is 4.49. The van der Waals surface area contributed by atoms with Crippen molar-refractivity contribution in [2.75, 3.05) is 13.1 Å². The van der Waals surface area contributed by atoms with E-state index in [4.69, 9.17) is 0 Å². The van der Waals surface area contributed by atoms with Crippen molar-refractivity contribution in [3.05, 3.63) is 45.9 Å². The first-order chi connectivity index (χ1) is 12.1. The van der Waals surface area contributed by atoms with Crippen molar-refractivity contribution >= 4 is 32.5 Å². The minimum Gasteiger partial charge on any atom is -0.368 e. The monoisotopic (exact) mass is 404 g/mol. The molecule has 0 aromatic heterocycles. The summed E-state index contributed by atoms with van der Waals surface area (Å²) in [5, 5.41) is 5.85. The van der Waals surface area contributed by atoms with E-state index in [1.54, 1.807) is 0 Å². The van der Waals surface area contributed by atoms with E-state index in [9.17, 15) is 0 Å². The fourth-order valence-electron chi connectivity index (χ4n) is 2.57. The van der Waals surface area contributed by atoms with Crippen molar-refractivity contribution in [2.45, 2.75) is 60.3 Å². The van der Waals surface area contributed by atoms with Gasteiger partial charge in [-0.05, 0) is 41.5 Å². The molecule has 0 fully saturated rings. The Labute approximate surface area is 162 Å². The maximum Gasteiger partial charge on any atom is 0.128 e. The smallest absolute Gasteiger partial charge is 0.128 e. The molecular weight excluding hydrogens is 372 g/mol. The van der Waals surface area contributed by atoms with Gasteiger partial charge in [-0.2, -0.15) is 0 Å². The lowest BCUT2D eigenvalue weighted by molar-refractivity contribution is 0.772. The fourth-order valence-corrected chi connectivity index (χ4v) is 2.95. The van der Waals surface area contributed by atoms with Crippen molar-refractivity contribution in [3.8, 4) is 0 Å². The molecule has 3 rings (SSSR count). The topological polar surface area (TPSA) is 24.4 Å². The highest BCUT2D eigenvalue weighted by Crippen LogP contribution is 2.24. The van der Waals surface area contributed by atoms with Crippen molar-refractivity contribution in [1.82, 2.24) is 5.32 Å². The molecule has 0 radical (unpaired) electrons. The van der Waals surface area contributed by atoms with Crippen LogP contribution < -0.4 is 5.32 Å². The standard InChI is InChI=1S/C14H13BrN2.C5H12.C3H8/c1-9-6-10-2-3-12(15)7-11(10)8-13(9)14-16-4-5-17-14;1-3-5-4-2;1-3-2/h2-3,6-8H,4-5H2,1H3,(H,16,17);3-5H2,1-2H3;3H2,1-2H3. The molecule has 0 spiro atoms. The van der Waals surface area contributed by atoms with Gasteiger partial charge < -0.3 is 5.32 Å². The SMILES string of the molecule is CCC.CCCCC.Cc1cc2ccc(Br)cc2cc1C1=NCCN1. The molecular formula is C22H33BrN2. The molecule has 1 N–H and O–H groups in total. The molecule has 0 bridgehead atoms. The summed E-state index contributed by atoms with van der Waals surface area (Å²) in [6.07, 6.45) is 5.33. The first-order valence-electron chi connectivity index (χ1n) is 9.55. The van der Waals surface area contributed by atoms with Gasteiger partial charge in [-0.1, -0.05) is 81.4 Å². The molecule has 1 aliphatic rings. The molecule has 3 heteroatoms. The van der Waals surface area contributed by atoms with Gasteiger partial charge in [0.2, 0.25) is 0 Å². The summed E-state index contributed by atoms with van der Waals surface area (Å²) in [6.45, 7) is 12.6. The zero-order valence-corrected chi connectivity index (χ0v) is 18.0. The summed E-state index contributed by atoms with van der Waals surface area (Å²) in [5.41, 5.74) is 2.49. The van der Waals surface area contributed by atoms with Crippen molar-refractivity contribution in [1.29, 1.82) is 0 Å². The van der Waals surface area contributed by atoms with E-state index < -0.39 is 0 Å². The third-order valence-electron chi connectivity index (χ3n) is 3.78. The van der Waals surface area contributed by atoms with Crippen LogP contribution in [0.5, 0.6) is 0 Å². The highest BCUT2D eigenvalue weighted by molar-refractivity contribution is 9.10. The summed E-state index contributed by atoms with van der Waals surface area (Å²) in [7, 11) is 0. The molecule has 0 atom stereocenters. The van der Waals surface area contributed by atoms with Crippen LogP contribution >= 0.6 is 15.9 Å².